The van der Waals surface area contributed by atoms with E-state index in [-0.39, 0.29) is 11.4 Å². The number of amides is 1. The normalized spacial score (nSPS) is 41.1. The minimum atomic E-state index is 0.0471. The molecule has 0 aliphatic heterocycles. The average Bonchev–Trinajstić information content (AvgIpc) is 2.48. The van der Waals surface area contributed by atoms with Gasteiger partial charge in [0, 0.05) is 12.5 Å². The summed E-state index contributed by atoms with van der Waals surface area (Å²) >= 11 is 0. The highest BCUT2D eigenvalue weighted by molar-refractivity contribution is 5.74. The molecule has 0 heterocycles. The maximum Gasteiger partial charge on any atom is 0.217 e. The Labute approximate surface area is 121 Å². The van der Waals surface area contributed by atoms with Gasteiger partial charge in [0.25, 0.3) is 0 Å². The molecular weight excluding hydrogens is 246 g/mol. The quantitative estimate of drug-likeness (QED) is 0.827. The maximum absolute atomic E-state index is 11.7. The van der Waals surface area contributed by atoms with E-state index in [2.05, 4.69) is 36.5 Å². The van der Waals surface area contributed by atoms with E-state index in [1.165, 1.54) is 19.3 Å². The Balaban J connectivity index is 1.84. The van der Waals surface area contributed by atoms with E-state index in [4.69, 9.17) is 0 Å². The molecule has 2 nitrogen and oxygen atoms in total. The van der Waals surface area contributed by atoms with E-state index in [1.807, 2.05) is 0 Å². The molecule has 0 aromatic heterocycles. The first-order valence-corrected chi connectivity index (χ1v) is 7.86. The molecule has 1 aromatic carbocycles. The van der Waals surface area contributed by atoms with Crippen LogP contribution in [0.3, 0.4) is 0 Å². The molecule has 1 aromatic rings. The smallest absolute Gasteiger partial charge is 0.217 e. The van der Waals surface area contributed by atoms with Crippen LogP contribution in [-0.2, 0) is 4.79 Å². The molecule has 20 heavy (non-hydrogen) atoms. The molecule has 4 bridgehead atoms. The van der Waals surface area contributed by atoms with Gasteiger partial charge in [0.05, 0.1) is 0 Å². The lowest BCUT2D eigenvalue weighted by Gasteiger charge is -2.54. The zero-order chi connectivity index (χ0) is 14.0. The minimum absolute atomic E-state index is 0.0471. The Hall–Kier alpha value is -1.31. The SMILES string of the molecule is CC(=O)NC12CC3CC(C)(CC(C1)c1ccccc13)C2. The van der Waals surface area contributed by atoms with Gasteiger partial charge in [-0.05, 0) is 60.5 Å². The van der Waals surface area contributed by atoms with Crippen LogP contribution in [0.4, 0.5) is 0 Å². The highest BCUT2D eigenvalue weighted by atomic mass is 16.1. The average molecular weight is 269 g/mol. The largest absolute Gasteiger partial charge is 0.351 e. The second-order valence-corrected chi connectivity index (χ2v) is 7.79. The minimum Gasteiger partial charge on any atom is -0.351 e. The summed E-state index contributed by atoms with van der Waals surface area (Å²) in [5.74, 6) is 1.40. The van der Waals surface area contributed by atoms with Crippen molar-refractivity contribution in [2.45, 2.75) is 63.3 Å². The van der Waals surface area contributed by atoms with Crippen LogP contribution in [0.2, 0.25) is 0 Å². The molecular formula is C18H23NO. The Kier molecular flexibility index (Phi) is 2.40. The van der Waals surface area contributed by atoms with Crippen molar-refractivity contribution in [1.82, 2.24) is 5.32 Å². The molecule has 4 aliphatic rings. The fourth-order valence-electron chi connectivity index (χ4n) is 5.76. The van der Waals surface area contributed by atoms with Gasteiger partial charge in [-0.15, -0.1) is 0 Å². The van der Waals surface area contributed by atoms with Crippen molar-refractivity contribution in [1.29, 1.82) is 0 Å². The van der Waals surface area contributed by atoms with Gasteiger partial charge in [-0.1, -0.05) is 31.2 Å². The molecule has 4 aliphatic carbocycles. The van der Waals surface area contributed by atoms with Crippen molar-refractivity contribution in [2.24, 2.45) is 5.41 Å². The summed E-state index contributed by atoms with van der Waals surface area (Å²) in [6.07, 6.45) is 6.02. The molecule has 0 saturated heterocycles. The van der Waals surface area contributed by atoms with Crippen LogP contribution in [0.15, 0.2) is 24.3 Å². The van der Waals surface area contributed by atoms with Gasteiger partial charge in [0.15, 0.2) is 0 Å². The van der Waals surface area contributed by atoms with E-state index in [0.29, 0.717) is 17.3 Å². The lowest BCUT2D eigenvalue weighted by molar-refractivity contribution is -0.123. The van der Waals surface area contributed by atoms with E-state index in [1.54, 1.807) is 18.1 Å². The topological polar surface area (TPSA) is 29.1 Å². The highest BCUT2D eigenvalue weighted by Gasteiger charge is 2.55. The van der Waals surface area contributed by atoms with E-state index in [9.17, 15) is 4.79 Å². The van der Waals surface area contributed by atoms with Gasteiger partial charge < -0.3 is 5.32 Å². The highest BCUT2D eigenvalue weighted by Crippen LogP contribution is 2.62. The molecule has 5 rings (SSSR count). The van der Waals surface area contributed by atoms with Crippen molar-refractivity contribution in [3.05, 3.63) is 35.4 Å². The summed E-state index contributed by atoms with van der Waals surface area (Å²) in [6, 6.07) is 9.01. The lowest BCUT2D eigenvalue weighted by Crippen LogP contribution is -2.57. The zero-order valence-electron chi connectivity index (χ0n) is 12.4. The molecule has 106 valence electrons. The number of hydrogen-bond donors (Lipinski definition) is 1. The number of carbonyl (C=O) groups is 1. The van der Waals surface area contributed by atoms with Crippen LogP contribution in [0.5, 0.6) is 0 Å². The molecule has 1 N–H and O–H groups in total. The Morgan fingerprint density at radius 1 is 1.10 bits per heavy atom. The second kappa shape index (κ2) is 3.87. The van der Waals surface area contributed by atoms with E-state index < -0.39 is 0 Å². The predicted octanol–water partition coefficient (Wildman–Crippen LogP) is 3.73. The summed E-state index contributed by atoms with van der Waals surface area (Å²) in [5, 5.41) is 3.35. The Bertz CT molecular complexity index is 542. The van der Waals surface area contributed by atoms with Crippen LogP contribution < -0.4 is 5.32 Å². The summed E-state index contributed by atoms with van der Waals surface area (Å²) < 4.78 is 0. The van der Waals surface area contributed by atoms with Crippen molar-refractivity contribution < 1.29 is 4.79 Å². The fraction of sp³-hybridized carbons (Fsp3) is 0.611. The van der Waals surface area contributed by atoms with Crippen molar-refractivity contribution in [2.75, 3.05) is 0 Å². The first kappa shape index (κ1) is 12.4. The first-order valence-electron chi connectivity index (χ1n) is 7.86. The Morgan fingerprint density at radius 3 is 2.15 bits per heavy atom. The number of benzene rings is 1. The van der Waals surface area contributed by atoms with Gasteiger partial charge >= 0.3 is 0 Å². The number of rotatable bonds is 1. The van der Waals surface area contributed by atoms with Crippen LogP contribution in [-0.4, -0.2) is 11.4 Å². The molecule has 0 radical (unpaired) electrons. The van der Waals surface area contributed by atoms with Gasteiger partial charge in [-0.3, -0.25) is 4.79 Å². The summed E-state index contributed by atoms with van der Waals surface area (Å²) in [4.78, 5) is 11.7. The fourth-order valence-corrected chi connectivity index (χ4v) is 5.76. The molecule has 2 saturated carbocycles. The van der Waals surface area contributed by atoms with E-state index >= 15 is 0 Å². The molecule has 0 spiro atoms. The third kappa shape index (κ3) is 1.73. The van der Waals surface area contributed by atoms with Gasteiger partial charge in [-0.25, -0.2) is 0 Å². The van der Waals surface area contributed by atoms with Crippen LogP contribution in [0.25, 0.3) is 0 Å². The van der Waals surface area contributed by atoms with Crippen LogP contribution >= 0.6 is 0 Å². The standard InChI is InChI=1S/C18H23NO/c1-12(20)19-18-9-13-7-17(2,11-18)8-14(10-18)16-6-4-3-5-15(13)16/h3-6,13-14H,7-11H2,1-2H3,(H,19,20). The second-order valence-electron chi connectivity index (χ2n) is 7.79. The van der Waals surface area contributed by atoms with Crippen molar-refractivity contribution in [3.63, 3.8) is 0 Å². The molecule has 2 fully saturated rings. The summed E-state index contributed by atoms with van der Waals surface area (Å²) in [7, 11) is 0. The predicted molar refractivity (Wildman–Crippen MR) is 79.7 cm³/mol. The molecule has 2 atom stereocenters. The number of carbonyl (C=O) groups excluding carboxylic acids is 1. The summed E-state index contributed by atoms with van der Waals surface area (Å²) in [6.45, 7) is 4.11. The third-order valence-corrected chi connectivity index (χ3v) is 5.83. The van der Waals surface area contributed by atoms with Gasteiger partial charge in [0.2, 0.25) is 5.91 Å². The van der Waals surface area contributed by atoms with E-state index in [0.717, 1.165) is 12.8 Å². The van der Waals surface area contributed by atoms with Crippen LogP contribution in [0.1, 0.15) is 68.9 Å². The molecule has 2 heteroatoms. The lowest BCUT2D eigenvalue weighted by atomic mass is 9.55. The zero-order valence-corrected chi connectivity index (χ0v) is 12.4. The molecule has 2 unspecified atom stereocenters. The Morgan fingerprint density at radius 2 is 1.65 bits per heavy atom. The summed E-state index contributed by atoms with van der Waals surface area (Å²) in [5.41, 5.74) is 3.57. The monoisotopic (exact) mass is 269 g/mol. The van der Waals surface area contributed by atoms with Gasteiger partial charge in [-0.2, -0.15) is 0 Å². The third-order valence-electron chi connectivity index (χ3n) is 5.83. The van der Waals surface area contributed by atoms with Crippen molar-refractivity contribution in [3.8, 4) is 0 Å². The van der Waals surface area contributed by atoms with Crippen LogP contribution in [0, 0.1) is 5.41 Å². The molecule has 1 amide bonds. The van der Waals surface area contributed by atoms with Crippen molar-refractivity contribution >= 4 is 5.91 Å². The maximum atomic E-state index is 11.7. The van der Waals surface area contributed by atoms with Gasteiger partial charge in [0.1, 0.15) is 0 Å². The number of nitrogens with one attached hydrogen (secondary N) is 1. The number of hydrogen-bond acceptors (Lipinski definition) is 1. The first-order chi connectivity index (χ1) is 9.49.